The molecule has 1 saturated carbocycles. The van der Waals surface area contributed by atoms with E-state index in [0.29, 0.717) is 18.1 Å². The molecule has 1 heterocycles. The number of carbonyl (C=O) groups is 2. The Bertz CT molecular complexity index is 561. The van der Waals surface area contributed by atoms with E-state index in [1.165, 1.54) is 5.56 Å². The zero-order chi connectivity index (χ0) is 16.3. The molecule has 2 N–H and O–H groups in total. The molecule has 1 atom stereocenters. The molecule has 1 amide bonds. The molecule has 2 fully saturated rings. The van der Waals surface area contributed by atoms with Crippen molar-refractivity contribution in [3.63, 3.8) is 0 Å². The van der Waals surface area contributed by atoms with E-state index < -0.39 is 11.5 Å². The number of carbonyl (C=O) groups excluding carboxylic acids is 1. The van der Waals surface area contributed by atoms with Gasteiger partial charge in [-0.05, 0) is 49.3 Å². The van der Waals surface area contributed by atoms with E-state index >= 15 is 0 Å². The average molecular weight is 333 g/mol. The number of carboxylic acid groups (broad SMARTS) is 1. The Balaban J connectivity index is 1.57. The highest BCUT2D eigenvalue weighted by atomic mass is 32.2. The maximum Gasteiger partial charge on any atom is 0.330 e. The molecule has 2 aliphatic rings. The molecule has 23 heavy (non-hydrogen) atoms. The first-order valence-corrected chi connectivity index (χ1v) is 9.44. The second-order valence-corrected chi connectivity index (χ2v) is 7.74. The molecule has 5 heteroatoms. The summed E-state index contributed by atoms with van der Waals surface area (Å²) in [6.07, 6.45) is 4.20. The minimum absolute atomic E-state index is 0.0446. The number of nitrogens with one attached hydrogen (secondary N) is 1. The summed E-state index contributed by atoms with van der Waals surface area (Å²) in [5.41, 5.74) is 0.304. The Hall–Kier alpha value is -1.49. The van der Waals surface area contributed by atoms with Gasteiger partial charge in [-0.15, -0.1) is 0 Å². The van der Waals surface area contributed by atoms with Crippen molar-refractivity contribution < 1.29 is 14.7 Å². The van der Waals surface area contributed by atoms with Gasteiger partial charge in [0.1, 0.15) is 5.54 Å². The lowest BCUT2D eigenvalue weighted by molar-refractivity contribution is -0.147. The fourth-order valence-electron chi connectivity index (χ4n) is 3.64. The molecule has 4 nitrogen and oxygen atoms in total. The molecule has 3 rings (SSSR count). The van der Waals surface area contributed by atoms with Crippen molar-refractivity contribution in [1.82, 2.24) is 5.32 Å². The first kappa shape index (κ1) is 16.4. The molecule has 0 bridgehead atoms. The van der Waals surface area contributed by atoms with Crippen molar-refractivity contribution in [2.24, 2.45) is 5.92 Å². The largest absolute Gasteiger partial charge is 0.479 e. The van der Waals surface area contributed by atoms with Crippen molar-refractivity contribution in [3.8, 4) is 0 Å². The van der Waals surface area contributed by atoms with Crippen LogP contribution in [0, 0.1) is 5.92 Å². The number of hydrogen-bond acceptors (Lipinski definition) is 3. The summed E-state index contributed by atoms with van der Waals surface area (Å²) in [6.45, 7) is 0. The Morgan fingerprint density at radius 1 is 1.13 bits per heavy atom. The van der Waals surface area contributed by atoms with Crippen LogP contribution in [0.25, 0.3) is 0 Å². The Kier molecular flexibility index (Phi) is 4.95. The Morgan fingerprint density at radius 2 is 1.83 bits per heavy atom. The predicted octanol–water partition coefficient (Wildman–Crippen LogP) is 3.04. The van der Waals surface area contributed by atoms with Gasteiger partial charge in [-0.3, -0.25) is 4.79 Å². The third-order valence-corrected chi connectivity index (χ3v) is 6.35. The van der Waals surface area contributed by atoms with Crippen LogP contribution >= 0.6 is 11.8 Å². The summed E-state index contributed by atoms with van der Waals surface area (Å²) in [5, 5.41) is 12.3. The zero-order valence-electron chi connectivity index (χ0n) is 13.2. The van der Waals surface area contributed by atoms with Crippen LogP contribution in [-0.2, 0) is 9.59 Å². The average Bonchev–Trinajstić information content (AvgIpc) is 3.06. The van der Waals surface area contributed by atoms with Crippen molar-refractivity contribution in [2.75, 3.05) is 11.5 Å². The van der Waals surface area contributed by atoms with Crippen LogP contribution in [-0.4, -0.2) is 34.0 Å². The van der Waals surface area contributed by atoms with Gasteiger partial charge in [0.25, 0.3) is 0 Å². The van der Waals surface area contributed by atoms with Crippen LogP contribution in [0.5, 0.6) is 0 Å². The van der Waals surface area contributed by atoms with Gasteiger partial charge in [-0.25, -0.2) is 4.79 Å². The van der Waals surface area contributed by atoms with Gasteiger partial charge in [-0.2, -0.15) is 11.8 Å². The highest BCUT2D eigenvalue weighted by Crippen LogP contribution is 2.36. The second-order valence-electron chi connectivity index (χ2n) is 6.64. The molecule has 0 aromatic heterocycles. The molecule has 1 saturated heterocycles. The quantitative estimate of drug-likeness (QED) is 0.889. The normalized spacial score (nSPS) is 30.8. The lowest BCUT2D eigenvalue weighted by atomic mass is 9.78. The van der Waals surface area contributed by atoms with Crippen LogP contribution in [0.4, 0.5) is 0 Å². The Labute approximate surface area is 141 Å². The number of thioether (sulfide) groups is 1. The van der Waals surface area contributed by atoms with E-state index in [1.54, 1.807) is 11.8 Å². The first-order valence-electron chi connectivity index (χ1n) is 8.29. The van der Waals surface area contributed by atoms with E-state index in [0.717, 1.165) is 31.4 Å². The van der Waals surface area contributed by atoms with Gasteiger partial charge in [0.05, 0.1) is 0 Å². The number of carboxylic acids is 1. The van der Waals surface area contributed by atoms with E-state index in [1.807, 2.05) is 6.07 Å². The maximum atomic E-state index is 12.5. The number of hydrogen-bond donors (Lipinski definition) is 2. The monoisotopic (exact) mass is 333 g/mol. The molecular formula is C18H23NO3S. The fourth-order valence-corrected chi connectivity index (χ4v) is 4.96. The number of benzene rings is 1. The number of amides is 1. The molecule has 1 aromatic carbocycles. The zero-order valence-corrected chi connectivity index (χ0v) is 14.0. The molecule has 1 aliphatic carbocycles. The molecular weight excluding hydrogens is 310 g/mol. The molecule has 1 aromatic rings. The summed E-state index contributed by atoms with van der Waals surface area (Å²) >= 11 is 1.60. The van der Waals surface area contributed by atoms with Crippen LogP contribution < -0.4 is 5.32 Å². The minimum Gasteiger partial charge on any atom is -0.479 e. The topological polar surface area (TPSA) is 66.4 Å². The van der Waals surface area contributed by atoms with Gasteiger partial charge in [-0.1, -0.05) is 30.3 Å². The van der Waals surface area contributed by atoms with Gasteiger partial charge in [0, 0.05) is 11.7 Å². The highest BCUT2D eigenvalue weighted by Gasteiger charge is 2.44. The molecule has 1 aliphatic heterocycles. The third kappa shape index (κ3) is 3.55. The Morgan fingerprint density at radius 3 is 2.39 bits per heavy atom. The SMILES string of the molecule is O=C(NC1(C(=O)O)CCSC1)C1CCC(c2ccccc2)CC1. The van der Waals surface area contributed by atoms with Gasteiger partial charge in [0.15, 0.2) is 0 Å². The van der Waals surface area contributed by atoms with E-state index in [4.69, 9.17) is 0 Å². The summed E-state index contributed by atoms with van der Waals surface area (Å²) < 4.78 is 0. The van der Waals surface area contributed by atoms with E-state index in [9.17, 15) is 14.7 Å². The van der Waals surface area contributed by atoms with Gasteiger partial charge >= 0.3 is 5.97 Å². The second kappa shape index (κ2) is 6.95. The number of rotatable bonds is 4. The van der Waals surface area contributed by atoms with E-state index in [-0.39, 0.29) is 11.8 Å². The van der Waals surface area contributed by atoms with E-state index in [2.05, 4.69) is 29.6 Å². The van der Waals surface area contributed by atoms with Crippen LogP contribution in [0.1, 0.15) is 43.6 Å². The van der Waals surface area contributed by atoms with Crippen molar-refractivity contribution in [1.29, 1.82) is 0 Å². The first-order chi connectivity index (χ1) is 11.1. The summed E-state index contributed by atoms with van der Waals surface area (Å²) in [5.74, 6) is 0.795. The standard InChI is InChI=1S/C18H23NO3S/c20-16(19-18(17(21)22)10-11-23-12-18)15-8-6-14(7-9-15)13-4-2-1-3-5-13/h1-5,14-15H,6-12H2,(H,19,20)(H,21,22). The van der Waals surface area contributed by atoms with Crippen LogP contribution in [0.2, 0.25) is 0 Å². The molecule has 124 valence electrons. The summed E-state index contributed by atoms with van der Waals surface area (Å²) in [4.78, 5) is 24.1. The smallest absolute Gasteiger partial charge is 0.330 e. The number of aliphatic carboxylic acids is 1. The third-order valence-electron chi connectivity index (χ3n) is 5.16. The van der Waals surface area contributed by atoms with Crippen LogP contribution in [0.15, 0.2) is 30.3 Å². The summed E-state index contributed by atoms with van der Waals surface area (Å²) in [7, 11) is 0. The van der Waals surface area contributed by atoms with Crippen molar-refractivity contribution >= 4 is 23.6 Å². The lowest BCUT2D eigenvalue weighted by Gasteiger charge is -2.31. The van der Waals surface area contributed by atoms with Crippen LogP contribution in [0.3, 0.4) is 0 Å². The van der Waals surface area contributed by atoms with Gasteiger partial charge < -0.3 is 10.4 Å². The maximum absolute atomic E-state index is 12.5. The molecule has 0 spiro atoms. The lowest BCUT2D eigenvalue weighted by Crippen LogP contribution is -2.56. The minimum atomic E-state index is -1.04. The molecule has 0 radical (unpaired) electrons. The summed E-state index contributed by atoms with van der Waals surface area (Å²) in [6, 6.07) is 10.4. The highest BCUT2D eigenvalue weighted by molar-refractivity contribution is 7.99. The predicted molar refractivity (Wildman–Crippen MR) is 91.6 cm³/mol. The van der Waals surface area contributed by atoms with Crippen molar-refractivity contribution in [2.45, 2.75) is 43.6 Å². The fraction of sp³-hybridized carbons (Fsp3) is 0.556. The van der Waals surface area contributed by atoms with Crippen molar-refractivity contribution in [3.05, 3.63) is 35.9 Å². The molecule has 1 unspecified atom stereocenters. The van der Waals surface area contributed by atoms with Gasteiger partial charge in [0.2, 0.25) is 5.91 Å².